The molecule has 0 bridgehead atoms. The minimum Gasteiger partial charge on any atom is -0.359 e. The first kappa shape index (κ1) is 25.8. The van der Waals surface area contributed by atoms with Gasteiger partial charge in [-0.05, 0) is 12.0 Å². The molecule has 0 saturated heterocycles. The van der Waals surface area contributed by atoms with Crippen LogP contribution >= 0.6 is 0 Å². The van der Waals surface area contributed by atoms with Crippen LogP contribution in [0, 0.1) is 5.92 Å². The molecule has 184 valence electrons. The van der Waals surface area contributed by atoms with Crippen LogP contribution in [0.1, 0.15) is 18.1 Å². The van der Waals surface area contributed by atoms with Crippen LogP contribution in [0.2, 0.25) is 6.04 Å². The molecule has 1 atom stereocenters. The first-order chi connectivity index (χ1) is 17.7. The summed E-state index contributed by atoms with van der Waals surface area (Å²) >= 11 is 0. The lowest BCUT2D eigenvalue weighted by atomic mass is 10.0. The first-order valence-corrected chi connectivity index (χ1v) is 15.0. The molecule has 0 N–H and O–H groups in total. The molecule has 4 heteroatoms. The van der Waals surface area contributed by atoms with E-state index in [1.807, 2.05) is 0 Å². The van der Waals surface area contributed by atoms with Crippen LogP contribution in [0.15, 0.2) is 126 Å². The van der Waals surface area contributed by atoms with Gasteiger partial charge in [0.1, 0.15) is 14.9 Å². The number of hydrogen-bond acceptors (Lipinski definition) is 3. The van der Waals surface area contributed by atoms with Crippen LogP contribution in [-0.2, 0) is 9.47 Å². The van der Waals surface area contributed by atoms with E-state index in [9.17, 15) is 0 Å². The van der Waals surface area contributed by atoms with Gasteiger partial charge < -0.3 is 9.47 Å². The number of methoxy groups -OCH3 is 1. The SMILES string of the molecule is COCOC[C@H](C)C[Si](CN=C(c1ccccc1)c1ccccc1)(c1ccccc1)c1ccccc1. The molecule has 3 nitrogen and oxygen atoms in total. The number of benzene rings is 4. The summed E-state index contributed by atoms with van der Waals surface area (Å²) in [5.74, 6) is 0.360. The predicted octanol–water partition coefficient (Wildman–Crippen LogP) is 5.58. The van der Waals surface area contributed by atoms with Crippen molar-refractivity contribution in [2.75, 3.05) is 26.7 Å². The van der Waals surface area contributed by atoms with E-state index in [1.165, 1.54) is 10.4 Å². The van der Waals surface area contributed by atoms with Crippen molar-refractivity contribution in [1.29, 1.82) is 0 Å². The Kier molecular flexibility index (Phi) is 9.39. The third-order valence-electron chi connectivity index (χ3n) is 6.55. The molecule has 36 heavy (non-hydrogen) atoms. The Morgan fingerprint density at radius 1 is 0.694 bits per heavy atom. The zero-order valence-corrected chi connectivity index (χ0v) is 22.2. The lowest BCUT2D eigenvalue weighted by molar-refractivity contribution is -0.0397. The smallest absolute Gasteiger partial charge is 0.146 e. The molecule has 0 amide bonds. The molecule has 4 rings (SSSR count). The Balaban J connectivity index is 1.83. The zero-order chi connectivity index (χ0) is 25.1. The van der Waals surface area contributed by atoms with E-state index >= 15 is 0 Å². The summed E-state index contributed by atoms with van der Waals surface area (Å²) < 4.78 is 10.9. The Morgan fingerprint density at radius 3 is 1.58 bits per heavy atom. The lowest BCUT2D eigenvalue weighted by Crippen LogP contribution is -2.62. The largest absolute Gasteiger partial charge is 0.359 e. The molecule has 0 aliphatic rings. The fourth-order valence-electron chi connectivity index (χ4n) is 4.91. The second-order valence-electron chi connectivity index (χ2n) is 9.30. The summed E-state index contributed by atoms with van der Waals surface area (Å²) in [5.41, 5.74) is 3.33. The Hall–Kier alpha value is -3.31. The van der Waals surface area contributed by atoms with Gasteiger partial charge in [0.2, 0.25) is 0 Å². The quantitative estimate of drug-likeness (QED) is 0.112. The molecule has 0 heterocycles. The van der Waals surface area contributed by atoms with Crippen molar-refractivity contribution in [3.63, 3.8) is 0 Å². The highest BCUT2D eigenvalue weighted by atomic mass is 28.3. The number of nitrogens with zero attached hydrogens (tertiary/aromatic N) is 1. The maximum Gasteiger partial charge on any atom is 0.146 e. The van der Waals surface area contributed by atoms with Crippen molar-refractivity contribution in [2.24, 2.45) is 10.9 Å². The molecule has 0 unspecified atom stereocenters. The zero-order valence-electron chi connectivity index (χ0n) is 21.2. The van der Waals surface area contributed by atoms with Crippen LogP contribution in [0.4, 0.5) is 0 Å². The average Bonchev–Trinajstić information content (AvgIpc) is 2.95. The Morgan fingerprint density at radius 2 is 1.14 bits per heavy atom. The van der Waals surface area contributed by atoms with Crippen molar-refractivity contribution >= 4 is 24.2 Å². The average molecular weight is 494 g/mol. The summed E-state index contributed by atoms with van der Waals surface area (Å²) in [5, 5.41) is 2.80. The predicted molar refractivity (Wildman–Crippen MR) is 153 cm³/mol. The van der Waals surface area contributed by atoms with E-state index in [0.717, 1.165) is 29.1 Å². The van der Waals surface area contributed by atoms with Gasteiger partial charge >= 0.3 is 0 Å². The molecule has 4 aromatic carbocycles. The second-order valence-corrected chi connectivity index (χ2v) is 13.3. The Labute approximate surface area is 216 Å². The Bertz CT molecular complexity index is 1120. The monoisotopic (exact) mass is 493 g/mol. The van der Waals surface area contributed by atoms with Gasteiger partial charge in [0.15, 0.2) is 0 Å². The van der Waals surface area contributed by atoms with Gasteiger partial charge in [-0.25, -0.2) is 0 Å². The van der Waals surface area contributed by atoms with Crippen LogP contribution in [0.5, 0.6) is 0 Å². The molecule has 0 fully saturated rings. The molecular weight excluding hydrogens is 458 g/mol. The molecule has 0 spiro atoms. The van der Waals surface area contributed by atoms with E-state index in [1.54, 1.807) is 7.11 Å². The van der Waals surface area contributed by atoms with Gasteiger partial charge in [-0.2, -0.15) is 0 Å². The topological polar surface area (TPSA) is 30.8 Å². The third-order valence-corrected chi connectivity index (χ3v) is 11.5. The summed E-state index contributed by atoms with van der Waals surface area (Å²) in [6.07, 6.45) is 0.759. The number of rotatable bonds is 12. The summed E-state index contributed by atoms with van der Waals surface area (Å²) in [7, 11) is -0.640. The molecule has 0 saturated carbocycles. The molecular formula is C32H35NO2Si. The van der Waals surface area contributed by atoms with Crippen LogP contribution in [-0.4, -0.2) is 40.5 Å². The fourth-order valence-corrected chi connectivity index (χ4v) is 9.60. The molecule has 0 aromatic heterocycles. The summed E-state index contributed by atoms with van der Waals surface area (Å²) in [4.78, 5) is 5.45. The van der Waals surface area contributed by atoms with E-state index in [-0.39, 0.29) is 0 Å². The van der Waals surface area contributed by atoms with Crippen LogP contribution < -0.4 is 10.4 Å². The van der Waals surface area contributed by atoms with Gasteiger partial charge in [-0.3, -0.25) is 4.99 Å². The minimum absolute atomic E-state index is 0.319. The molecule has 0 aliphatic heterocycles. The van der Waals surface area contributed by atoms with Crippen molar-refractivity contribution in [3.8, 4) is 0 Å². The van der Waals surface area contributed by atoms with Gasteiger partial charge in [-0.15, -0.1) is 0 Å². The number of hydrogen-bond donors (Lipinski definition) is 0. The normalized spacial score (nSPS) is 12.2. The van der Waals surface area contributed by atoms with E-state index in [2.05, 4.69) is 128 Å². The third kappa shape index (κ3) is 6.46. The van der Waals surface area contributed by atoms with Gasteiger partial charge in [0, 0.05) is 24.4 Å². The van der Waals surface area contributed by atoms with Crippen molar-refractivity contribution in [2.45, 2.75) is 13.0 Å². The van der Waals surface area contributed by atoms with Gasteiger partial charge in [0.25, 0.3) is 0 Å². The number of aliphatic imine (C=N–C) groups is 1. The van der Waals surface area contributed by atoms with Crippen molar-refractivity contribution in [1.82, 2.24) is 0 Å². The molecule has 0 radical (unpaired) electrons. The molecule has 0 aliphatic carbocycles. The number of ether oxygens (including phenoxy) is 2. The van der Waals surface area contributed by atoms with E-state index in [4.69, 9.17) is 14.5 Å². The van der Waals surface area contributed by atoms with E-state index < -0.39 is 8.07 Å². The fraction of sp³-hybridized carbons (Fsp3) is 0.219. The van der Waals surface area contributed by atoms with E-state index in [0.29, 0.717) is 19.3 Å². The highest BCUT2D eigenvalue weighted by Gasteiger charge is 2.38. The second kappa shape index (κ2) is 13.1. The van der Waals surface area contributed by atoms with Crippen LogP contribution in [0.25, 0.3) is 0 Å². The summed E-state index contributed by atoms with van der Waals surface area (Å²) in [6.45, 7) is 3.26. The van der Waals surface area contributed by atoms with Gasteiger partial charge in [0.05, 0.1) is 12.3 Å². The van der Waals surface area contributed by atoms with Gasteiger partial charge in [-0.1, -0.05) is 139 Å². The summed E-state index contributed by atoms with van der Waals surface area (Å²) in [6, 6.07) is 44.1. The van der Waals surface area contributed by atoms with Crippen molar-refractivity contribution < 1.29 is 9.47 Å². The van der Waals surface area contributed by atoms with Crippen LogP contribution in [0.3, 0.4) is 0 Å². The first-order valence-electron chi connectivity index (χ1n) is 12.6. The highest BCUT2D eigenvalue weighted by Crippen LogP contribution is 2.21. The maximum atomic E-state index is 5.79. The minimum atomic E-state index is -2.31. The standard InChI is InChI=1S/C32H35NO2Si/c1-27(23-35-26-34-2)24-36(30-19-11-5-12-20-30,31-21-13-6-14-22-31)25-33-32(28-15-7-3-8-16-28)29-17-9-4-10-18-29/h3-22,27H,23-26H2,1-2H3/t27-/m0/s1. The highest BCUT2D eigenvalue weighted by molar-refractivity contribution is 7.02. The maximum absolute atomic E-state index is 5.79. The van der Waals surface area contributed by atoms with Crippen molar-refractivity contribution in [3.05, 3.63) is 132 Å². The molecule has 4 aromatic rings. The lowest BCUT2D eigenvalue weighted by Gasteiger charge is -2.34.